The molecule has 1 atom stereocenters. The Balaban J connectivity index is 1.61. The molecule has 0 saturated carbocycles. The van der Waals surface area contributed by atoms with Crippen LogP contribution in [0.15, 0.2) is 47.2 Å². The van der Waals surface area contributed by atoms with Crippen LogP contribution >= 0.6 is 39.1 Å². The highest BCUT2D eigenvalue weighted by Gasteiger charge is 2.31. The third-order valence-electron chi connectivity index (χ3n) is 5.06. The van der Waals surface area contributed by atoms with Crippen molar-refractivity contribution in [1.29, 1.82) is 5.41 Å². The Labute approximate surface area is 186 Å². The van der Waals surface area contributed by atoms with Crippen molar-refractivity contribution < 1.29 is 9.53 Å². The molecular weight excluding hydrogens is 477 g/mol. The van der Waals surface area contributed by atoms with Crippen LogP contribution in [-0.2, 0) is 20.0 Å². The average molecular weight is 495 g/mol. The van der Waals surface area contributed by atoms with E-state index < -0.39 is 0 Å². The fourth-order valence-electron chi connectivity index (χ4n) is 3.50. The first-order valence-electron chi connectivity index (χ1n) is 9.03. The summed E-state index contributed by atoms with van der Waals surface area (Å²) < 4.78 is 10.2. The van der Waals surface area contributed by atoms with Crippen LogP contribution in [0.4, 0.5) is 0 Å². The Hall–Kier alpha value is -2.02. The number of hydrogen-bond acceptors (Lipinski definition) is 3. The van der Waals surface area contributed by atoms with E-state index in [1.807, 2.05) is 42.2 Å². The number of carbonyl (C=O) groups is 1. The zero-order chi connectivity index (χ0) is 20.7. The fraction of sp³-hybridized carbons (Fsp3) is 0.238. The molecule has 1 N–H and O–H groups in total. The fourth-order valence-corrected chi connectivity index (χ4v) is 4.44. The second-order valence-electron chi connectivity index (χ2n) is 7.14. The number of fused-ring (bicyclic) bond motifs is 1. The molecular formula is C21H18BrCl2N3O2. The monoisotopic (exact) mass is 493 g/mol. The molecule has 0 unspecified atom stereocenters. The summed E-state index contributed by atoms with van der Waals surface area (Å²) >= 11 is 15.6. The highest BCUT2D eigenvalue weighted by atomic mass is 79.9. The molecule has 0 bridgehead atoms. The molecule has 29 heavy (non-hydrogen) atoms. The van der Waals surface area contributed by atoms with Crippen molar-refractivity contribution in [3.8, 4) is 5.75 Å². The summed E-state index contributed by atoms with van der Waals surface area (Å²) in [7, 11) is 1.83. The van der Waals surface area contributed by atoms with Crippen molar-refractivity contribution in [3.05, 3.63) is 79.6 Å². The van der Waals surface area contributed by atoms with Crippen LogP contribution in [0.3, 0.4) is 0 Å². The first-order valence-corrected chi connectivity index (χ1v) is 10.6. The van der Waals surface area contributed by atoms with E-state index in [1.165, 1.54) is 0 Å². The normalized spacial score (nSPS) is 15.9. The van der Waals surface area contributed by atoms with Gasteiger partial charge in [0.05, 0.1) is 39.2 Å². The standard InChI is InChI=1S/C21H18BrCl2N3O2/c1-26-4-5-27(21(26)25)10-13-7-15-19(28)14(11-29-20(15)16(22)8-13)6-12-2-3-17(23)18(24)9-12/h2-5,7-9,14,25H,6,10-11H2,1H3/t14-/m1/s1. The molecule has 8 heteroatoms. The number of Topliss-reactive ketones (excluding diaryl/α,β-unsaturated/α-hetero) is 1. The number of aryl methyl sites for hydroxylation is 1. The lowest BCUT2D eigenvalue weighted by atomic mass is 9.89. The van der Waals surface area contributed by atoms with Crippen LogP contribution in [-0.4, -0.2) is 21.5 Å². The van der Waals surface area contributed by atoms with Gasteiger partial charge in [0.1, 0.15) is 5.75 Å². The Kier molecular flexibility index (Phi) is 5.60. The van der Waals surface area contributed by atoms with E-state index in [0.717, 1.165) is 15.6 Å². The van der Waals surface area contributed by atoms with Gasteiger partial charge in [-0.1, -0.05) is 29.3 Å². The minimum Gasteiger partial charge on any atom is -0.491 e. The minimum absolute atomic E-state index is 0.0454. The van der Waals surface area contributed by atoms with Crippen LogP contribution in [0.1, 0.15) is 21.5 Å². The van der Waals surface area contributed by atoms with Gasteiger partial charge in [0.2, 0.25) is 5.62 Å². The molecule has 1 aliphatic heterocycles. The topological polar surface area (TPSA) is 60.0 Å². The summed E-state index contributed by atoms with van der Waals surface area (Å²) in [4.78, 5) is 13.2. The van der Waals surface area contributed by atoms with E-state index in [1.54, 1.807) is 16.7 Å². The van der Waals surface area contributed by atoms with Gasteiger partial charge in [-0.05, 0) is 57.7 Å². The number of imidazole rings is 1. The second-order valence-corrected chi connectivity index (χ2v) is 8.81. The van der Waals surface area contributed by atoms with Gasteiger partial charge >= 0.3 is 0 Å². The van der Waals surface area contributed by atoms with Crippen LogP contribution in [0.25, 0.3) is 0 Å². The molecule has 4 rings (SSSR count). The van der Waals surface area contributed by atoms with Gasteiger partial charge in [0.25, 0.3) is 0 Å². The van der Waals surface area contributed by atoms with Crippen molar-refractivity contribution in [1.82, 2.24) is 9.13 Å². The zero-order valence-electron chi connectivity index (χ0n) is 15.6. The molecule has 1 aromatic heterocycles. The average Bonchev–Trinajstić information content (AvgIpc) is 2.99. The maximum atomic E-state index is 13.2. The van der Waals surface area contributed by atoms with E-state index >= 15 is 0 Å². The summed E-state index contributed by atoms with van der Waals surface area (Å²) in [5.74, 6) is 0.329. The van der Waals surface area contributed by atoms with Gasteiger partial charge in [-0.15, -0.1) is 0 Å². The molecule has 2 heterocycles. The van der Waals surface area contributed by atoms with E-state index in [9.17, 15) is 4.79 Å². The molecule has 0 radical (unpaired) electrons. The minimum atomic E-state index is -0.294. The molecule has 2 aromatic carbocycles. The lowest BCUT2D eigenvalue weighted by Gasteiger charge is -2.26. The molecule has 150 valence electrons. The van der Waals surface area contributed by atoms with Crippen LogP contribution < -0.4 is 10.4 Å². The largest absolute Gasteiger partial charge is 0.491 e. The third-order valence-corrected chi connectivity index (χ3v) is 6.39. The number of ether oxygens (including phenoxy) is 1. The van der Waals surface area contributed by atoms with E-state index in [-0.39, 0.29) is 11.7 Å². The van der Waals surface area contributed by atoms with Crippen molar-refractivity contribution in [2.24, 2.45) is 13.0 Å². The van der Waals surface area contributed by atoms with Crippen molar-refractivity contribution in [2.45, 2.75) is 13.0 Å². The lowest BCUT2D eigenvalue weighted by molar-refractivity contribution is 0.0829. The molecule has 0 aliphatic carbocycles. The van der Waals surface area contributed by atoms with Gasteiger partial charge in [0, 0.05) is 19.4 Å². The first-order chi connectivity index (χ1) is 13.8. The van der Waals surface area contributed by atoms with Gasteiger partial charge < -0.3 is 13.9 Å². The second kappa shape index (κ2) is 8.01. The maximum absolute atomic E-state index is 13.2. The number of carbonyl (C=O) groups excluding carboxylic acids is 1. The molecule has 3 aromatic rings. The Morgan fingerprint density at radius 1 is 1.17 bits per heavy atom. The Morgan fingerprint density at radius 3 is 2.66 bits per heavy atom. The number of halogens is 3. The molecule has 5 nitrogen and oxygen atoms in total. The van der Waals surface area contributed by atoms with Gasteiger partial charge in [0.15, 0.2) is 5.78 Å². The number of aromatic nitrogens is 2. The number of nitrogens with one attached hydrogen (secondary N) is 1. The summed E-state index contributed by atoms with van der Waals surface area (Å²) in [5.41, 5.74) is 2.82. The number of nitrogens with zero attached hydrogens (tertiary/aromatic N) is 2. The van der Waals surface area contributed by atoms with Crippen molar-refractivity contribution >= 4 is 44.9 Å². The predicted molar refractivity (Wildman–Crippen MR) is 116 cm³/mol. The SMILES string of the molecule is Cn1ccn(Cc2cc(Br)c3c(c2)C(=O)[C@H](Cc2ccc(Cl)c(Cl)c2)CO3)c1=N. The number of ketones is 1. The predicted octanol–water partition coefficient (Wildman–Crippen LogP) is 4.86. The number of benzene rings is 2. The van der Waals surface area contributed by atoms with Crippen LogP contribution in [0.5, 0.6) is 5.75 Å². The van der Waals surface area contributed by atoms with E-state index in [2.05, 4.69) is 15.9 Å². The molecule has 0 saturated heterocycles. The summed E-state index contributed by atoms with van der Waals surface area (Å²) in [6.45, 7) is 0.810. The lowest BCUT2D eigenvalue weighted by Crippen LogP contribution is -2.30. The maximum Gasteiger partial charge on any atom is 0.202 e. The van der Waals surface area contributed by atoms with Crippen molar-refractivity contribution in [3.63, 3.8) is 0 Å². The Morgan fingerprint density at radius 2 is 1.97 bits per heavy atom. The van der Waals surface area contributed by atoms with E-state index in [0.29, 0.717) is 46.5 Å². The quantitative estimate of drug-likeness (QED) is 0.563. The van der Waals surface area contributed by atoms with E-state index in [4.69, 9.17) is 33.3 Å². The smallest absolute Gasteiger partial charge is 0.202 e. The summed E-state index contributed by atoms with van der Waals surface area (Å²) in [6.07, 6.45) is 4.21. The number of hydrogen-bond donors (Lipinski definition) is 1. The number of rotatable bonds is 4. The van der Waals surface area contributed by atoms with Crippen LogP contribution in [0, 0.1) is 11.3 Å². The van der Waals surface area contributed by atoms with Crippen LogP contribution in [0.2, 0.25) is 10.0 Å². The highest BCUT2D eigenvalue weighted by molar-refractivity contribution is 9.10. The molecule has 0 spiro atoms. The zero-order valence-corrected chi connectivity index (χ0v) is 18.7. The first kappa shape index (κ1) is 20.3. The Bertz CT molecular complexity index is 1170. The summed E-state index contributed by atoms with van der Waals surface area (Å²) in [6, 6.07) is 9.21. The van der Waals surface area contributed by atoms with Gasteiger partial charge in [-0.3, -0.25) is 10.2 Å². The molecule has 1 aliphatic rings. The van der Waals surface area contributed by atoms with Crippen molar-refractivity contribution in [2.75, 3.05) is 6.61 Å². The molecule has 0 amide bonds. The third kappa shape index (κ3) is 4.02. The van der Waals surface area contributed by atoms with Gasteiger partial charge in [-0.2, -0.15) is 0 Å². The summed E-state index contributed by atoms with van der Waals surface area (Å²) in [5, 5.41) is 9.07. The molecule has 0 fully saturated rings. The van der Waals surface area contributed by atoms with Gasteiger partial charge in [-0.25, -0.2) is 0 Å². The highest BCUT2D eigenvalue weighted by Crippen LogP contribution is 2.37.